The zero-order chi connectivity index (χ0) is 12.7. The summed E-state index contributed by atoms with van der Waals surface area (Å²) >= 11 is 0. The third-order valence-corrected chi connectivity index (χ3v) is 2.68. The van der Waals surface area contributed by atoms with Crippen LogP contribution in [0.15, 0.2) is 12.1 Å². The van der Waals surface area contributed by atoms with Gasteiger partial charge in [0.2, 0.25) is 0 Å². The van der Waals surface area contributed by atoms with Crippen LogP contribution in [0.4, 0.5) is 0 Å². The molecule has 4 nitrogen and oxygen atoms in total. The first-order chi connectivity index (χ1) is 8.28. The maximum atomic E-state index is 5.54. The Kier molecular flexibility index (Phi) is 5.80. The van der Waals surface area contributed by atoms with Crippen LogP contribution in [-0.2, 0) is 17.8 Å². The van der Waals surface area contributed by atoms with Gasteiger partial charge in [-0.3, -0.25) is 0 Å². The predicted molar refractivity (Wildman–Crippen MR) is 67.6 cm³/mol. The van der Waals surface area contributed by atoms with Gasteiger partial charge in [-0.1, -0.05) is 6.07 Å². The summed E-state index contributed by atoms with van der Waals surface area (Å²) in [5.74, 6) is 1.49. The molecule has 0 bridgehead atoms. The van der Waals surface area contributed by atoms with Crippen LogP contribution in [-0.4, -0.2) is 27.9 Å². The Bertz CT molecular complexity index is 353. The molecule has 0 saturated heterocycles. The highest BCUT2D eigenvalue weighted by Gasteiger charge is 2.14. The van der Waals surface area contributed by atoms with E-state index in [2.05, 4.69) is 0 Å². The van der Waals surface area contributed by atoms with Crippen LogP contribution in [0.25, 0.3) is 0 Å². The van der Waals surface area contributed by atoms with Gasteiger partial charge in [-0.2, -0.15) is 0 Å². The Morgan fingerprint density at radius 3 is 2.41 bits per heavy atom. The van der Waals surface area contributed by atoms with Gasteiger partial charge in [0.15, 0.2) is 11.5 Å². The van der Waals surface area contributed by atoms with Crippen LogP contribution in [0.5, 0.6) is 11.5 Å². The average molecular weight is 239 g/mol. The molecule has 2 N–H and O–H groups in total. The third kappa shape index (κ3) is 3.35. The number of methoxy groups -OCH3 is 3. The van der Waals surface area contributed by atoms with E-state index in [1.807, 2.05) is 12.1 Å². The van der Waals surface area contributed by atoms with Crippen molar-refractivity contribution in [3.8, 4) is 11.5 Å². The summed E-state index contributed by atoms with van der Waals surface area (Å²) in [6.45, 7) is 1.20. The quantitative estimate of drug-likeness (QED) is 0.787. The maximum Gasteiger partial charge on any atom is 0.166 e. The number of hydrogen-bond acceptors (Lipinski definition) is 4. The minimum atomic E-state index is 0.514. The first-order valence-corrected chi connectivity index (χ1v) is 5.70. The zero-order valence-electron chi connectivity index (χ0n) is 10.8. The van der Waals surface area contributed by atoms with Crippen molar-refractivity contribution in [3.63, 3.8) is 0 Å². The standard InChI is InChI=1S/C13H21NO3/c1-15-9-11-10(5-4-8-14)6-7-12(16-2)13(11)17-3/h6-7H,4-5,8-9,14H2,1-3H3. The number of benzene rings is 1. The second kappa shape index (κ2) is 7.14. The summed E-state index contributed by atoms with van der Waals surface area (Å²) in [4.78, 5) is 0. The van der Waals surface area contributed by atoms with Gasteiger partial charge in [-0.15, -0.1) is 0 Å². The van der Waals surface area contributed by atoms with E-state index in [0.29, 0.717) is 13.2 Å². The van der Waals surface area contributed by atoms with Crippen LogP contribution in [0, 0.1) is 0 Å². The predicted octanol–water partition coefficient (Wildman–Crippen LogP) is 1.74. The van der Waals surface area contributed by atoms with Crippen molar-refractivity contribution in [2.45, 2.75) is 19.4 Å². The molecule has 1 aromatic carbocycles. The van der Waals surface area contributed by atoms with Crippen molar-refractivity contribution >= 4 is 0 Å². The van der Waals surface area contributed by atoms with Crippen LogP contribution < -0.4 is 15.2 Å². The normalized spacial score (nSPS) is 10.4. The van der Waals surface area contributed by atoms with Gasteiger partial charge in [0.1, 0.15) is 0 Å². The van der Waals surface area contributed by atoms with Crippen LogP contribution in [0.1, 0.15) is 17.5 Å². The largest absolute Gasteiger partial charge is 0.493 e. The summed E-state index contributed by atoms with van der Waals surface area (Å²) < 4.78 is 15.9. The van der Waals surface area contributed by atoms with Gasteiger partial charge in [0.05, 0.1) is 20.8 Å². The number of hydrogen-bond donors (Lipinski definition) is 1. The lowest BCUT2D eigenvalue weighted by molar-refractivity contribution is 0.180. The van der Waals surface area contributed by atoms with Crippen molar-refractivity contribution in [3.05, 3.63) is 23.3 Å². The van der Waals surface area contributed by atoms with E-state index in [1.165, 1.54) is 5.56 Å². The molecule has 0 saturated carbocycles. The lowest BCUT2D eigenvalue weighted by Gasteiger charge is -2.16. The minimum absolute atomic E-state index is 0.514. The molecular weight excluding hydrogens is 218 g/mol. The Morgan fingerprint density at radius 2 is 1.88 bits per heavy atom. The number of rotatable bonds is 7. The van der Waals surface area contributed by atoms with Crippen molar-refractivity contribution < 1.29 is 14.2 Å². The fourth-order valence-corrected chi connectivity index (χ4v) is 1.86. The molecule has 0 radical (unpaired) electrons. The van der Waals surface area contributed by atoms with Crippen molar-refractivity contribution in [2.24, 2.45) is 5.73 Å². The maximum absolute atomic E-state index is 5.54. The lowest BCUT2D eigenvalue weighted by Crippen LogP contribution is -2.05. The summed E-state index contributed by atoms with van der Waals surface area (Å²) in [5, 5.41) is 0. The van der Waals surface area contributed by atoms with E-state index in [1.54, 1.807) is 21.3 Å². The minimum Gasteiger partial charge on any atom is -0.493 e. The third-order valence-electron chi connectivity index (χ3n) is 2.68. The molecule has 96 valence electrons. The average Bonchev–Trinajstić information content (AvgIpc) is 2.37. The van der Waals surface area contributed by atoms with Crippen molar-refractivity contribution in [2.75, 3.05) is 27.9 Å². The van der Waals surface area contributed by atoms with E-state index < -0.39 is 0 Å². The molecule has 0 amide bonds. The number of ether oxygens (including phenoxy) is 3. The van der Waals surface area contributed by atoms with E-state index in [9.17, 15) is 0 Å². The molecule has 0 aliphatic heterocycles. The molecule has 1 rings (SSSR count). The molecule has 0 heterocycles. The molecule has 4 heteroatoms. The molecule has 0 fully saturated rings. The molecular formula is C13H21NO3. The van der Waals surface area contributed by atoms with Crippen LogP contribution in [0.3, 0.4) is 0 Å². The molecule has 0 atom stereocenters. The van der Waals surface area contributed by atoms with E-state index >= 15 is 0 Å². The fourth-order valence-electron chi connectivity index (χ4n) is 1.86. The molecule has 0 spiro atoms. The highest BCUT2D eigenvalue weighted by Crippen LogP contribution is 2.34. The van der Waals surface area contributed by atoms with E-state index in [0.717, 1.165) is 29.9 Å². The molecule has 0 unspecified atom stereocenters. The summed E-state index contributed by atoms with van der Waals surface area (Å²) in [6, 6.07) is 3.97. The Balaban J connectivity index is 3.11. The van der Waals surface area contributed by atoms with Gasteiger partial charge < -0.3 is 19.9 Å². The highest BCUT2D eigenvalue weighted by molar-refractivity contribution is 5.50. The van der Waals surface area contributed by atoms with E-state index in [-0.39, 0.29) is 0 Å². The molecule has 0 aromatic heterocycles. The lowest BCUT2D eigenvalue weighted by atomic mass is 10.0. The van der Waals surface area contributed by atoms with Gasteiger partial charge in [0, 0.05) is 12.7 Å². The first-order valence-electron chi connectivity index (χ1n) is 5.70. The van der Waals surface area contributed by atoms with Gasteiger partial charge in [-0.05, 0) is 31.0 Å². The summed E-state index contributed by atoms with van der Waals surface area (Å²) in [5.41, 5.74) is 7.79. The number of aryl methyl sites for hydroxylation is 1. The molecule has 1 aromatic rings. The smallest absolute Gasteiger partial charge is 0.166 e. The highest BCUT2D eigenvalue weighted by atomic mass is 16.5. The van der Waals surface area contributed by atoms with Gasteiger partial charge in [-0.25, -0.2) is 0 Å². The first kappa shape index (κ1) is 13.8. The topological polar surface area (TPSA) is 53.7 Å². The Morgan fingerprint density at radius 1 is 1.12 bits per heavy atom. The SMILES string of the molecule is COCc1c(CCCN)ccc(OC)c1OC. The molecule has 0 aliphatic carbocycles. The van der Waals surface area contributed by atoms with E-state index in [4.69, 9.17) is 19.9 Å². The Hall–Kier alpha value is -1.26. The van der Waals surface area contributed by atoms with Crippen LogP contribution in [0.2, 0.25) is 0 Å². The fraction of sp³-hybridized carbons (Fsp3) is 0.538. The Labute approximate surface area is 103 Å². The monoisotopic (exact) mass is 239 g/mol. The second-order valence-electron chi connectivity index (χ2n) is 3.76. The van der Waals surface area contributed by atoms with Gasteiger partial charge >= 0.3 is 0 Å². The summed E-state index contributed by atoms with van der Waals surface area (Å²) in [6.07, 6.45) is 1.88. The second-order valence-corrected chi connectivity index (χ2v) is 3.76. The van der Waals surface area contributed by atoms with Gasteiger partial charge in [0.25, 0.3) is 0 Å². The summed E-state index contributed by atoms with van der Waals surface area (Å²) in [7, 11) is 4.95. The van der Waals surface area contributed by atoms with Crippen molar-refractivity contribution in [1.29, 1.82) is 0 Å². The number of nitrogens with two attached hydrogens (primary N) is 1. The molecule has 0 aliphatic rings. The van der Waals surface area contributed by atoms with Crippen molar-refractivity contribution in [1.82, 2.24) is 0 Å². The zero-order valence-corrected chi connectivity index (χ0v) is 10.8. The molecule has 17 heavy (non-hydrogen) atoms. The van der Waals surface area contributed by atoms with Crippen LogP contribution >= 0.6 is 0 Å².